The van der Waals surface area contributed by atoms with Gasteiger partial charge in [0.25, 0.3) is 0 Å². The van der Waals surface area contributed by atoms with Gasteiger partial charge in [-0.05, 0) is 18.8 Å². The molecule has 0 aromatic heterocycles. The zero-order valence-corrected chi connectivity index (χ0v) is 9.61. The van der Waals surface area contributed by atoms with Gasteiger partial charge in [0, 0.05) is 25.6 Å². The maximum absolute atomic E-state index is 11.8. The Morgan fingerprint density at radius 2 is 2.40 bits per heavy atom. The molecule has 3 nitrogen and oxygen atoms in total. The van der Waals surface area contributed by atoms with Crippen molar-refractivity contribution < 1.29 is 4.79 Å². The van der Waals surface area contributed by atoms with Gasteiger partial charge in [0.05, 0.1) is 0 Å². The highest BCUT2D eigenvalue weighted by molar-refractivity contribution is 5.78. The summed E-state index contributed by atoms with van der Waals surface area (Å²) in [5, 5.41) is 0. The molecule has 15 heavy (non-hydrogen) atoms. The molecule has 2 unspecified atom stereocenters. The molecular weight excluding hydrogens is 188 g/mol. The Hall–Kier alpha value is -0.830. The molecule has 0 aromatic carbocycles. The average molecular weight is 210 g/mol. The van der Waals surface area contributed by atoms with Crippen LogP contribution in [0.4, 0.5) is 0 Å². The van der Waals surface area contributed by atoms with Gasteiger partial charge < -0.3 is 10.6 Å². The maximum atomic E-state index is 11.8. The lowest BCUT2D eigenvalue weighted by molar-refractivity contribution is -0.134. The first-order chi connectivity index (χ1) is 7.22. The molecule has 2 N–H and O–H groups in total. The summed E-state index contributed by atoms with van der Waals surface area (Å²) in [4.78, 5) is 13.7. The number of nitrogens with zero attached hydrogens (tertiary/aromatic N) is 1. The van der Waals surface area contributed by atoms with Crippen molar-refractivity contribution in [3.05, 3.63) is 12.7 Å². The Labute approximate surface area is 92.3 Å². The van der Waals surface area contributed by atoms with Gasteiger partial charge >= 0.3 is 0 Å². The topological polar surface area (TPSA) is 46.3 Å². The summed E-state index contributed by atoms with van der Waals surface area (Å²) in [6.45, 7) is 7.26. The summed E-state index contributed by atoms with van der Waals surface area (Å²) in [5.74, 6) is 0.918. The molecule has 1 fully saturated rings. The van der Waals surface area contributed by atoms with Crippen LogP contribution < -0.4 is 5.73 Å². The lowest BCUT2D eigenvalue weighted by Crippen LogP contribution is -2.49. The molecule has 0 radical (unpaired) electrons. The van der Waals surface area contributed by atoms with Crippen LogP contribution in [0, 0.1) is 5.92 Å². The fraction of sp³-hybridized carbons (Fsp3) is 0.750. The molecule has 1 saturated heterocycles. The fourth-order valence-corrected chi connectivity index (χ4v) is 2.30. The molecule has 86 valence electrons. The third kappa shape index (κ3) is 3.06. The maximum Gasteiger partial charge on any atom is 0.226 e. The van der Waals surface area contributed by atoms with Crippen LogP contribution in [0.5, 0.6) is 0 Å². The number of amides is 1. The number of carbonyl (C=O) groups is 1. The Bertz CT molecular complexity index is 228. The van der Waals surface area contributed by atoms with Crippen LogP contribution in [0.15, 0.2) is 12.7 Å². The number of hydrogen-bond acceptors (Lipinski definition) is 2. The van der Waals surface area contributed by atoms with E-state index in [0.29, 0.717) is 13.0 Å². The molecule has 0 aliphatic carbocycles. The van der Waals surface area contributed by atoms with Crippen LogP contribution in [0.25, 0.3) is 0 Å². The highest BCUT2D eigenvalue weighted by Crippen LogP contribution is 2.25. The van der Waals surface area contributed by atoms with E-state index in [9.17, 15) is 4.79 Å². The van der Waals surface area contributed by atoms with E-state index in [-0.39, 0.29) is 11.9 Å². The summed E-state index contributed by atoms with van der Waals surface area (Å²) >= 11 is 0. The SMILES string of the molecule is C=CCC(=O)N1CCC(CC)CC1CN. The van der Waals surface area contributed by atoms with Crippen molar-refractivity contribution >= 4 is 5.91 Å². The lowest BCUT2D eigenvalue weighted by Gasteiger charge is -2.38. The van der Waals surface area contributed by atoms with Gasteiger partial charge in [-0.25, -0.2) is 0 Å². The smallest absolute Gasteiger partial charge is 0.226 e. The molecule has 2 atom stereocenters. The summed E-state index contributed by atoms with van der Waals surface area (Å²) in [7, 11) is 0. The largest absolute Gasteiger partial charge is 0.338 e. The van der Waals surface area contributed by atoms with Gasteiger partial charge in [0.1, 0.15) is 0 Å². The molecule has 0 spiro atoms. The molecular formula is C12H22N2O. The minimum Gasteiger partial charge on any atom is -0.338 e. The Balaban J connectivity index is 2.57. The van der Waals surface area contributed by atoms with Crippen molar-refractivity contribution in [1.82, 2.24) is 4.90 Å². The second kappa shape index (κ2) is 5.91. The lowest BCUT2D eigenvalue weighted by atomic mass is 9.88. The quantitative estimate of drug-likeness (QED) is 0.715. The Morgan fingerprint density at radius 1 is 1.67 bits per heavy atom. The van der Waals surface area contributed by atoms with Crippen LogP contribution in [0.2, 0.25) is 0 Å². The standard InChI is InChI=1S/C12H22N2O/c1-3-5-12(15)14-7-6-10(4-2)8-11(14)9-13/h3,10-11H,1,4-9,13H2,2H3. The summed E-state index contributed by atoms with van der Waals surface area (Å²) in [6.07, 6.45) is 5.49. The molecule has 0 bridgehead atoms. The third-order valence-corrected chi connectivity index (χ3v) is 3.31. The number of likely N-dealkylation sites (tertiary alicyclic amines) is 1. The number of rotatable bonds is 4. The molecule has 1 rings (SSSR count). The van der Waals surface area contributed by atoms with Gasteiger partial charge in [-0.15, -0.1) is 6.58 Å². The van der Waals surface area contributed by atoms with Crippen LogP contribution in [-0.4, -0.2) is 29.9 Å². The predicted octanol–water partition coefficient (Wildman–Crippen LogP) is 1.54. The molecule has 1 heterocycles. The average Bonchev–Trinajstić information content (AvgIpc) is 2.28. The van der Waals surface area contributed by atoms with Crippen molar-refractivity contribution in [2.24, 2.45) is 11.7 Å². The highest BCUT2D eigenvalue weighted by atomic mass is 16.2. The Kier molecular flexibility index (Phi) is 4.82. The van der Waals surface area contributed by atoms with E-state index in [2.05, 4.69) is 13.5 Å². The highest BCUT2D eigenvalue weighted by Gasteiger charge is 2.28. The second-order valence-electron chi connectivity index (χ2n) is 4.27. The van der Waals surface area contributed by atoms with Gasteiger partial charge in [-0.1, -0.05) is 19.4 Å². The second-order valence-corrected chi connectivity index (χ2v) is 4.27. The van der Waals surface area contributed by atoms with Crippen LogP contribution in [0.3, 0.4) is 0 Å². The first-order valence-electron chi connectivity index (χ1n) is 5.83. The predicted molar refractivity (Wildman–Crippen MR) is 62.4 cm³/mol. The van der Waals surface area contributed by atoms with Crippen molar-refractivity contribution in [3.63, 3.8) is 0 Å². The fourth-order valence-electron chi connectivity index (χ4n) is 2.30. The van der Waals surface area contributed by atoms with E-state index in [1.165, 1.54) is 6.42 Å². The molecule has 1 amide bonds. The number of nitrogens with two attached hydrogens (primary N) is 1. The molecule has 3 heteroatoms. The van der Waals surface area contributed by atoms with E-state index < -0.39 is 0 Å². The van der Waals surface area contributed by atoms with E-state index in [4.69, 9.17) is 5.73 Å². The van der Waals surface area contributed by atoms with E-state index in [1.807, 2.05) is 4.90 Å². The van der Waals surface area contributed by atoms with Gasteiger partial charge in [0.15, 0.2) is 0 Å². The zero-order valence-electron chi connectivity index (χ0n) is 9.61. The van der Waals surface area contributed by atoms with Gasteiger partial charge in [-0.3, -0.25) is 4.79 Å². The molecule has 1 aliphatic heterocycles. The minimum absolute atomic E-state index is 0.176. The summed E-state index contributed by atoms with van der Waals surface area (Å²) in [5.41, 5.74) is 5.72. The van der Waals surface area contributed by atoms with E-state index in [0.717, 1.165) is 25.3 Å². The summed E-state index contributed by atoms with van der Waals surface area (Å²) in [6, 6.07) is 0.246. The number of carbonyl (C=O) groups excluding carboxylic acids is 1. The van der Waals surface area contributed by atoms with E-state index >= 15 is 0 Å². The monoisotopic (exact) mass is 210 g/mol. The molecule has 1 aliphatic rings. The van der Waals surface area contributed by atoms with E-state index in [1.54, 1.807) is 6.08 Å². The number of hydrogen-bond donors (Lipinski definition) is 1. The number of piperidine rings is 1. The van der Waals surface area contributed by atoms with Crippen LogP contribution in [-0.2, 0) is 4.79 Å². The minimum atomic E-state index is 0.176. The molecule has 0 saturated carbocycles. The first-order valence-corrected chi connectivity index (χ1v) is 5.83. The van der Waals surface area contributed by atoms with Crippen molar-refractivity contribution in [3.8, 4) is 0 Å². The zero-order chi connectivity index (χ0) is 11.3. The third-order valence-electron chi connectivity index (χ3n) is 3.31. The summed E-state index contributed by atoms with van der Waals surface area (Å²) < 4.78 is 0. The van der Waals surface area contributed by atoms with Crippen molar-refractivity contribution in [1.29, 1.82) is 0 Å². The van der Waals surface area contributed by atoms with Crippen LogP contribution in [0.1, 0.15) is 32.6 Å². The van der Waals surface area contributed by atoms with Gasteiger partial charge in [0.2, 0.25) is 5.91 Å². The van der Waals surface area contributed by atoms with Gasteiger partial charge in [-0.2, -0.15) is 0 Å². The van der Waals surface area contributed by atoms with Crippen molar-refractivity contribution in [2.75, 3.05) is 13.1 Å². The Morgan fingerprint density at radius 3 is 2.93 bits per heavy atom. The van der Waals surface area contributed by atoms with Crippen LogP contribution >= 0.6 is 0 Å². The molecule has 0 aromatic rings. The first kappa shape index (κ1) is 12.2. The van der Waals surface area contributed by atoms with Crippen molar-refractivity contribution in [2.45, 2.75) is 38.6 Å². The normalized spacial score (nSPS) is 26.4.